The lowest BCUT2D eigenvalue weighted by molar-refractivity contribution is 0.499. The summed E-state index contributed by atoms with van der Waals surface area (Å²) in [5.74, 6) is 0.532. The van der Waals surface area contributed by atoms with E-state index in [0.717, 1.165) is 10.9 Å². The van der Waals surface area contributed by atoms with E-state index in [1.807, 2.05) is 24.1 Å². The first kappa shape index (κ1) is 10.3. The lowest BCUT2D eigenvalue weighted by Gasteiger charge is -2.15. The molecule has 0 spiro atoms. The molecule has 72 valence electrons. The average Bonchev–Trinajstić information content (AvgIpc) is 2.49. The summed E-state index contributed by atoms with van der Waals surface area (Å²) in [7, 11) is 3.57. The van der Waals surface area contributed by atoms with E-state index in [1.165, 1.54) is 4.88 Å². The standard InChI is InChI=1S/C8H12ClN3S/c1-11-8(10)12(2)5-6-3-4-7(9)13-6/h3-4H,5H2,1-2H3,(H2,10,11). The Bertz CT molecular complexity index is 308. The largest absolute Gasteiger partial charge is 0.370 e. The summed E-state index contributed by atoms with van der Waals surface area (Å²) >= 11 is 7.35. The van der Waals surface area contributed by atoms with Crippen LogP contribution in [-0.2, 0) is 6.54 Å². The number of halogens is 1. The van der Waals surface area contributed by atoms with Crippen LogP contribution in [0.25, 0.3) is 0 Å². The number of rotatable bonds is 2. The van der Waals surface area contributed by atoms with Crippen molar-refractivity contribution in [2.75, 3.05) is 14.1 Å². The van der Waals surface area contributed by atoms with E-state index in [9.17, 15) is 0 Å². The molecule has 0 aliphatic carbocycles. The van der Waals surface area contributed by atoms with Gasteiger partial charge in [0, 0.05) is 19.0 Å². The number of hydrogen-bond donors (Lipinski definition) is 1. The molecule has 0 atom stereocenters. The Morgan fingerprint density at radius 1 is 1.69 bits per heavy atom. The van der Waals surface area contributed by atoms with Crippen LogP contribution < -0.4 is 5.73 Å². The predicted octanol–water partition coefficient (Wildman–Crippen LogP) is 1.78. The summed E-state index contributed by atoms with van der Waals surface area (Å²) in [6, 6.07) is 3.88. The third-order valence-electron chi connectivity index (χ3n) is 1.64. The molecule has 1 aromatic heterocycles. The molecule has 13 heavy (non-hydrogen) atoms. The van der Waals surface area contributed by atoms with Gasteiger partial charge in [0.05, 0.1) is 10.9 Å². The Hall–Kier alpha value is -0.740. The van der Waals surface area contributed by atoms with E-state index in [-0.39, 0.29) is 0 Å². The molecule has 1 heterocycles. The van der Waals surface area contributed by atoms with Gasteiger partial charge in [-0.25, -0.2) is 0 Å². The number of aliphatic imine (C=N–C) groups is 1. The number of nitrogens with two attached hydrogens (primary N) is 1. The van der Waals surface area contributed by atoms with E-state index in [2.05, 4.69) is 4.99 Å². The number of hydrogen-bond acceptors (Lipinski definition) is 2. The summed E-state index contributed by atoms with van der Waals surface area (Å²) < 4.78 is 0.801. The van der Waals surface area contributed by atoms with Crippen molar-refractivity contribution in [3.63, 3.8) is 0 Å². The van der Waals surface area contributed by atoms with E-state index < -0.39 is 0 Å². The first-order valence-corrected chi connectivity index (χ1v) is 5.00. The summed E-state index contributed by atoms with van der Waals surface area (Å²) in [5, 5.41) is 0. The maximum Gasteiger partial charge on any atom is 0.191 e. The van der Waals surface area contributed by atoms with Gasteiger partial charge in [0.2, 0.25) is 0 Å². The minimum absolute atomic E-state index is 0.532. The van der Waals surface area contributed by atoms with Gasteiger partial charge in [0.25, 0.3) is 0 Å². The smallest absolute Gasteiger partial charge is 0.191 e. The Morgan fingerprint density at radius 2 is 2.38 bits per heavy atom. The van der Waals surface area contributed by atoms with Crippen LogP contribution in [0.2, 0.25) is 4.34 Å². The zero-order chi connectivity index (χ0) is 9.84. The normalized spacial score (nSPS) is 11.8. The monoisotopic (exact) mass is 217 g/mol. The van der Waals surface area contributed by atoms with Crippen molar-refractivity contribution in [1.82, 2.24) is 4.90 Å². The van der Waals surface area contributed by atoms with Crippen LogP contribution in [-0.4, -0.2) is 25.0 Å². The van der Waals surface area contributed by atoms with Gasteiger partial charge in [-0.05, 0) is 12.1 Å². The molecule has 3 nitrogen and oxygen atoms in total. The quantitative estimate of drug-likeness (QED) is 0.606. The van der Waals surface area contributed by atoms with Crippen molar-refractivity contribution in [2.24, 2.45) is 10.7 Å². The summed E-state index contributed by atoms with van der Waals surface area (Å²) in [6.45, 7) is 0.751. The predicted molar refractivity (Wildman–Crippen MR) is 58.3 cm³/mol. The molecular weight excluding hydrogens is 206 g/mol. The van der Waals surface area contributed by atoms with Gasteiger partial charge >= 0.3 is 0 Å². The Kier molecular flexibility index (Phi) is 3.57. The number of guanidine groups is 1. The Morgan fingerprint density at radius 3 is 2.85 bits per heavy atom. The van der Waals surface area contributed by atoms with Crippen LogP contribution in [0, 0.1) is 0 Å². The zero-order valence-corrected chi connectivity index (χ0v) is 9.19. The van der Waals surface area contributed by atoms with Crippen LogP contribution in [0.1, 0.15) is 4.88 Å². The van der Waals surface area contributed by atoms with E-state index >= 15 is 0 Å². The van der Waals surface area contributed by atoms with E-state index in [1.54, 1.807) is 18.4 Å². The van der Waals surface area contributed by atoms with Crippen molar-refractivity contribution in [3.05, 3.63) is 21.3 Å². The zero-order valence-electron chi connectivity index (χ0n) is 7.62. The molecule has 0 saturated heterocycles. The van der Waals surface area contributed by atoms with Crippen LogP contribution in [0.4, 0.5) is 0 Å². The van der Waals surface area contributed by atoms with Gasteiger partial charge < -0.3 is 10.6 Å². The molecule has 0 aliphatic rings. The molecule has 0 saturated carbocycles. The molecule has 0 bridgehead atoms. The molecule has 5 heteroatoms. The van der Waals surface area contributed by atoms with Crippen molar-refractivity contribution < 1.29 is 0 Å². The van der Waals surface area contributed by atoms with Crippen molar-refractivity contribution in [2.45, 2.75) is 6.54 Å². The average molecular weight is 218 g/mol. The van der Waals surface area contributed by atoms with Crippen LogP contribution in [0.5, 0.6) is 0 Å². The van der Waals surface area contributed by atoms with Crippen molar-refractivity contribution in [3.8, 4) is 0 Å². The molecule has 1 aromatic rings. The second-order valence-corrected chi connectivity index (χ2v) is 4.44. The SMILES string of the molecule is CN=C(N)N(C)Cc1ccc(Cl)s1. The second kappa shape index (κ2) is 4.48. The highest BCUT2D eigenvalue weighted by atomic mass is 35.5. The molecule has 0 aromatic carbocycles. The third-order valence-corrected chi connectivity index (χ3v) is 2.86. The third kappa shape index (κ3) is 2.90. The lowest BCUT2D eigenvalue weighted by Crippen LogP contribution is -2.32. The number of thiophene rings is 1. The Labute approximate surface area is 86.8 Å². The highest BCUT2D eigenvalue weighted by Gasteiger charge is 2.03. The van der Waals surface area contributed by atoms with E-state index in [0.29, 0.717) is 5.96 Å². The van der Waals surface area contributed by atoms with Gasteiger partial charge in [0.15, 0.2) is 5.96 Å². The summed E-state index contributed by atoms with van der Waals surface area (Å²) in [6.07, 6.45) is 0. The first-order chi connectivity index (χ1) is 6.13. The topological polar surface area (TPSA) is 41.6 Å². The van der Waals surface area contributed by atoms with Crippen molar-refractivity contribution >= 4 is 28.9 Å². The van der Waals surface area contributed by atoms with Gasteiger partial charge in [-0.3, -0.25) is 4.99 Å². The van der Waals surface area contributed by atoms with Gasteiger partial charge in [-0.15, -0.1) is 11.3 Å². The minimum Gasteiger partial charge on any atom is -0.370 e. The van der Waals surface area contributed by atoms with Gasteiger partial charge in [-0.1, -0.05) is 11.6 Å². The number of nitrogens with zero attached hydrogens (tertiary/aromatic N) is 2. The van der Waals surface area contributed by atoms with E-state index in [4.69, 9.17) is 17.3 Å². The maximum atomic E-state index is 5.80. The van der Waals surface area contributed by atoms with Crippen molar-refractivity contribution in [1.29, 1.82) is 0 Å². The van der Waals surface area contributed by atoms with Crippen LogP contribution >= 0.6 is 22.9 Å². The van der Waals surface area contributed by atoms with Crippen LogP contribution in [0.15, 0.2) is 17.1 Å². The van der Waals surface area contributed by atoms with Gasteiger partial charge in [0.1, 0.15) is 0 Å². The highest BCUT2D eigenvalue weighted by molar-refractivity contribution is 7.16. The molecule has 0 radical (unpaired) electrons. The maximum absolute atomic E-state index is 5.80. The summed E-state index contributed by atoms with van der Waals surface area (Å²) in [5.41, 5.74) is 5.62. The molecule has 0 unspecified atom stereocenters. The fourth-order valence-electron chi connectivity index (χ4n) is 0.922. The second-order valence-electron chi connectivity index (χ2n) is 2.64. The first-order valence-electron chi connectivity index (χ1n) is 3.81. The highest BCUT2D eigenvalue weighted by Crippen LogP contribution is 2.22. The molecule has 2 N–H and O–H groups in total. The van der Waals surface area contributed by atoms with Crippen LogP contribution in [0.3, 0.4) is 0 Å². The molecule has 0 fully saturated rings. The fourth-order valence-corrected chi connectivity index (χ4v) is 2.06. The Balaban J connectivity index is 2.59. The molecule has 0 aliphatic heterocycles. The molecule has 0 amide bonds. The fraction of sp³-hybridized carbons (Fsp3) is 0.375. The summed E-state index contributed by atoms with van der Waals surface area (Å²) in [4.78, 5) is 6.94. The van der Waals surface area contributed by atoms with Gasteiger partial charge in [-0.2, -0.15) is 0 Å². The lowest BCUT2D eigenvalue weighted by atomic mass is 10.4. The molecular formula is C8H12ClN3S. The molecule has 1 rings (SSSR count). The minimum atomic E-state index is 0.532.